The summed E-state index contributed by atoms with van der Waals surface area (Å²) in [7, 11) is 0. The summed E-state index contributed by atoms with van der Waals surface area (Å²) in [5, 5.41) is 11.0. The first kappa shape index (κ1) is 14.7. The fourth-order valence-electron chi connectivity index (χ4n) is 2.48. The van der Waals surface area contributed by atoms with Crippen molar-refractivity contribution in [2.45, 2.75) is 13.8 Å². The van der Waals surface area contributed by atoms with Gasteiger partial charge in [0.2, 0.25) is 0 Å². The molecule has 0 spiro atoms. The Morgan fingerprint density at radius 2 is 1.86 bits per heavy atom. The van der Waals surface area contributed by atoms with Gasteiger partial charge in [-0.25, -0.2) is 9.07 Å². The molecule has 1 fully saturated rings. The third-order valence-electron chi connectivity index (χ3n) is 3.76. The van der Waals surface area contributed by atoms with Gasteiger partial charge in [-0.1, -0.05) is 0 Å². The van der Waals surface area contributed by atoms with E-state index < -0.39 is 0 Å². The van der Waals surface area contributed by atoms with Crippen molar-refractivity contribution in [3.63, 3.8) is 0 Å². The van der Waals surface area contributed by atoms with Crippen LogP contribution in [0.2, 0.25) is 0 Å². The van der Waals surface area contributed by atoms with Crippen LogP contribution in [0, 0.1) is 19.7 Å². The average molecular weight is 302 g/mol. The fraction of sp³-hybridized carbons (Fsp3) is 0.375. The largest absolute Gasteiger partial charge is 0.378 e. The summed E-state index contributed by atoms with van der Waals surface area (Å²) in [5.41, 5.74) is 3.73. The first-order valence-electron chi connectivity index (χ1n) is 7.34. The molecular weight excluding hydrogens is 283 g/mol. The Labute approximate surface area is 129 Å². The van der Waals surface area contributed by atoms with Crippen molar-refractivity contribution in [2.75, 3.05) is 26.3 Å². The Kier molecular flexibility index (Phi) is 4.20. The van der Waals surface area contributed by atoms with E-state index in [0.29, 0.717) is 13.2 Å². The molecule has 0 saturated carbocycles. The van der Waals surface area contributed by atoms with Gasteiger partial charge < -0.3 is 4.74 Å². The predicted molar refractivity (Wildman–Crippen MR) is 83.0 cm³/mol. The van der Waals surface area contributed by atoms with Crippen LogP contribution < -0.4 is 0 Å². The van der Waals surface area contributed by atoms with E-state index in [1.807, 2.05) is 29.8 Å². The smallest absolute Gasteiger partial charge is 0.123 e. The topological polar surface area (TPSA) is 42.7 Å². The van der Waals surface area contributed by atoms with Gasteiger partial charge in [0.15, 0.2) is 0 Å². The minimum atomic E-state index is -0.251. The zero-order valence-corrected chi connectivity index (χ0v) is 12.8. The number of hydrogen-bond donors (Lipinski definition) is 0. The number of nitrogens with zero attached hydrogens (tertiary/aromatic N) is 4. The van der Waals surface area contributed by atoms with Gasteiger partial charge in [-0.15, -0.1) is 0 Å². The molecule has 22 heavy (non-hydrogen) atoms. The summed E-state index contributed by atoms with van der Waals surface area (Å²) in [4.78, 5) is 0. The molecule has 1 aliphatic heterocycles. The maximum atomic E-state index is 13.0. The van der Waals surface area contributed by atoms with Gasteiger partial charge in [-0.2, -0.15) is 10.2 Å². The zero-order valence-electron chi connectivity index (χ0n) is 12.8. The Hall–Kier alpha value is -2.21. The molecule has 3 rings (SSSR count). The van der Waals surface area contributed by atoms with Crippen LogP contribution >= 0.6 is 0 Å². The van der Waals surface area contributed by atoms with Crippen molar-refractivity contribution in [1.82, 2.24) is 14.8 Å². The third-order valence-corrected chi connectivity index (χ3v) is 3.76. The number of aromatic nitrogens is 2. The highest BCUT2D eigenvalue weighted by molar-refractivity contribution is 5.82. The molecule has 0 atom stereocenters. The maximum Gasteiger partial charge on any atom is 0.123 e. The van der Waals surface area contributed by atoms with E-state index in [2.05, 4.69) is 10.2 Å². The van der Waals surface area contributed by atoms with Gasteiger partial charge in [-0.3, -0.25) is 5.01 Å². The number of halogens is 1. The second kappa shape index (κ2) is 6.27. The van der Waals surface area contributed by atoms with E-state index >= 15 is 0 Å². The number of ether oxygens (including phenoxy) is 1. The second-order valence-electron chi connectivity index (χ2n) is 5.28. The molecule has 0 amide bonds. The van der Waals surface area contributed by atoms with Gasteiger partial charge >= 0.3 is 0 Å². The number of morpholine rings is 1. The van der Waals surface area contributed by atoms with Crippen LogP contribution in [0.5, 0.6) is 0 Å². The fourth-order valence-corrected chi connectivity index (χ4v) is 2.48. The number of hydrazone groups is 1. The summed E-state index contributed by atoms with van der Waals surface area (Å²) < 4.78 is 20.2. The van der Waals surface area contributed by atoms with E-state index in [9.17, 15) is 4.39 Å². The molecule has 2 aromatic rings. The van der Waals surface area contributed by atoms with E-state index in [1.54, 1.807) is 12.1 Å². The minimum Gasteiger partial charge on any atom is -0.378 e. The normalized spacial score (nSPS) is 15.7. The highest BCUT2D eigenvalue weighted by Crippen LogP contribution is 2.17. The molecule has 1 saturated heterocycles. The molecule has 2 heterocycles. The van der Waals surface area contributed by atoms with Crippen molar-refractivity contribution in [3.8, 4) is 5.69 Å². The Morgan fingerprint density at radius 3 is 2.55 bits per heavy atom. The van der Waals surface area contributed by atoms with Gasteiger partial charge in [0.1, 0.15) is 5.82 Å². The van der Waals surface area contributed by atoms with Crippen molar-refractivity contribution in [2.24, 2.45) is 5.10 Å². The standard InChI is InChI=1S/C16H19FN4O/c1-12-16(11-18-20-7-9-22-10-8-20)13(2)21(19-12)15-5-3-14(17)4-6-15/h3-6,11H,7-10H2,1-2H3. The molecule has 0 N–H and O–H groups in total. The molecule has 0 unspecified atom stereocenters. The van der Waals surface area contributed by atoms with Gasteiger partial charge in [0, 0.05) is 5.56 Å². The van der Waals surface area contributed by atoms with E-state index in [-0.39, 0.29) is 5.82 Å². The summed E-state index contributed by atoms with van der Waals surface area (Å²) in [6, 6.07) is 6.32. The molecule has 0 bridgehead atoms. The minimum absolute atomic E-state index is 0.251. The average Bonchev–Trinajstić information content (AvgIpc) is 2.82. The quantitative estimate of drug-likeness (QED) is 0.817. The molecule has 0 aliphatic carbocycles. The molecular formula is C16H19FN4O. The van der Waals surface area contributed by atoms with Crippen LogP contribution in [0.3, 0.4) is 0 Å². The van der Waals surface area contributed by atoms with E-state index in [0.717, 1.165) is 35.7 Å². The lowest BCUT2D eigenvalue weighted by Crippen LogP contribution is -2.32. The van der Waals surface area contributed by atoms with Gasteiger partial charge in [0.05, 0.1) is 49.6 Å². The highest BCUT2D eigenvalue weighted by Gasteiger charge is 2.12. The second-order valence-corrected chi connectivity index (χ2v) is 5.28. The van der Waals surface area contributed by atoms with Crippen LogP contribution in [0.1, 0.15) is 17.0 Å². The number of hydrogen-bond acceptors (Lipinski definition) is 4. The van der Waals surface area contributed by atoms with Crippen LogP contribution in [0.25, 0.3) is 5.69 Å². The monoisotopic (exact) mass is 302 g/mol. The van der Waals surface area contributed by atoms with Crippen LogP contribution in [0.15, 0.2) is 29.4 Å². The molecule has 0 radical (unpaired) electrons. The van der Waals surface area contributed by atoms with Crippen molar-refractivity contribution in [3.05, 3.63) is 47.0 Å². The van der Waals surface area contributed by atoms with Crippen LogP contribution in [0.4, 0.5) is 4.39 Å². The lowest BCUT2D eigenvalue weighted by molar-refractivity contribution is 0.0397. The lowest BCUT2D eigenvalue weighted by atomic mass is 10.2. The molecule has 1 aliphatic rings. The summed E-state index contributed by atoms with van der Waals surface area (Å²) in [6.45, 7) is 6.98. The Bertz CT molecular complexity index is 672. The zero-order chi connectivity index (χ0) is 15.5. The number of rotatable bonds is 3. The maximum absolute atomic E-state index is 13.0. The molecule has 1 aromatic heterocycles. The van der Waals surface area contributed by atoms with Crippen LogP contribution in [-0.2, 0) is 4.74 Å². The van der Waals surface area contributed by atoms with E-state index in [4.69, 9.17) is 4.74 Å². The van der Waals surface area contributed by atoms with Crippen molar-refractivity contribution in [1.29, 1.82) is 0 Å². The first-order chi connectivity index (χ1) is 10.6. The van der Waals surface area contributed by atoms with E-state index in [1.165, 1.54) is 12.1 Å². The van der Waals surface area contributed by atoms with Gasteiger partial charge in [-0.05, 0) is 38.1 Å². The van der Waals surface area contributed by atoms with Crippen molar-refractivity contribution >= 4 is 6.21 Å². The SMILES string of the molecule is Cc1nn(-c2ccc(F)cc2)c(C)c1C=NN1CCOCC1. The number of benzene rings is 1. The Morgan fingerprint density at radius 1 is 1.18 bits per heavy atom. The highest BCUT2D eigenvalue weighted by atomic mass is 19.1. The Balaban J connectivity index is 1.86. The summed E-state index contributed by atoms with van der Waals surface area (Å²) in [6.07, 6.45) is 1.85. The first-order valence-corrected chi connectivity index (χ1v) is 7.34. The lowest BCUT2D eigenvalue weighted by Gasteiger charge is -2.23. The molecule has 5 nitrogen and oxygen atoms in total. The van der Waals surface area contributed by atoms with Crippen LogP contribution in [-0.4, -0.2) is 47.3 Å². The summed E-state index contributed by atoms with van der Waals surface area (Å²) >= 11 is 0. The third kappa shape index (κ3) is 3.01. The number of aryl methyl sites for hydroxylation is 1. The van der Waals surface area contributed by atoms with Crippen molar-refractivity contribution < 1.29 is 9.13 Å². The van der Waals surface area contributed by atoms with Gasteiger partial charge in [0.25, 0.3) is 0 Å². The molecule has 116 valence electrons. The summed E-state index contributed by atoms with van der Waals surface area (Å²) in [5.74, 6) is -0.251. The predicted octanol–water partition coefficient (Wildman–Crippen LogP) is 2.29. The molecule has 1 aromatic carbocycles. The molecule has 6 heteroatoms.